The minimum absolute atomic E-state index is 0.00870. The van der Waals surface area contributed by atoms with E-state index < -0.39 is 16.8 Å². The third-order valence-corrected chi connectivity index (χ3v) is 14.1. The van der Waals surface area contributed by atoms with Crippen molar-refractivity contribution in [3.05, 3.63) is 12.2 Å². The molecule has 5 fully saturated rings. The second-order valence-corrected chi connectivity index (χ2v) is 15.3. The molecule has 0 radical (unpaired) electrons. The van der Waals surface area contributed by atoms with E-state index >= 15 is 0 Å². The number of carbonyl (C=O) groups excluding carboxylic acids is 2. The van der Waals surface area contributed by atoms with Crippen LogP contribution in [0.5, 0.6) is 0 Å². The molecule has 0 spiro atoms. The van der Waals surface area contributed by atoms with Gasteiger partial charge in [-0.1, -0.05) is 45.0 Å². The number of carbonyl (C=O) groups is 2. The lowest BCUT2D eigenvalue weighted by Crippen LogP contribution is -2.67. The smallest absolute Gasteiger partial charge is 0.344 e. The monoisotopic (exact) mass is 571 g/mol. The number of nitrogens with zero attached hydrogens (tertiary/aromatic N) is 1. The van der Waals surface area contributed by atoms with Crippen molar-refractivity contribution in [2.45, 2.75) is 106 Å². The summed E-state index contributed by atoms with van der Waals surface area (Å²) in [6.07, 6.45) is 9.45. The summed E-state index contributed by atoms with van der Waals surface area (Å²) in [5.41, 5.74) is 1.03. The predicted molar refractivity (Wildman–Crippen MR) is 157 cm³/mol. The molecule has 10 atom stereocenters. The second-order valence-electron chi connectivity index (χ2n) is 15.3. The summed E-state index contributed by atoms with van der Waals surface area (Å²) in [4.78, 5) is 26.0. The van der Waals surface area contributed by atoms with Crippen LogP contribution in [0.2, 0.25) is 0 Å². The summed E-state index contributed by atoms with van der Waals surface area (Å²) in [5, 5.41) is 24.1. The van der Waals surface area contributed by atoms with Crippen LogP contribution >= 0.6 is 0 Å². The van der Waals surface area contributed by atoms with Gasteiger partial charge in [0.2, 0.25) is 0 Å². The lowest BCUT2D eigenvalue weighted by Gasteiger charge is -2.72. The molecule has 230 valence electrons. The SMILES string of the molecule is C=C(C)[C@@H]1CC[C@]2(C(=O)OCC(=O)OCC)CC[C@]3(C)[C@H](CC[C@@H]4[C@@]5(C)CC/C(=N\O)[C@@](C)(CO)[C@@H]5CC[C@]43C)[C@@H]12. The summed E-state index contributed by atoms with van der Waals surface area (Å²) in [6, 6.07) is 0. The highest BCUT2D eigenvalue weighted by Crippen LogP contribution is 2.77. The Morgan fingerprint density at radius 3 is 2.32 bits per heavy atom. The first-order valence-corrected chi connectivity index (χ1v) is 16.1. The van der Waals surface area contributed by atoms with Gasteiger partial charge < -0.3 is 19.8 Å². The molecule has 0 aromatic carbocycles. The molecule has 2 N–H and O–H groups in total. The van der Waals surface area contributed by atoms with Crippen molar-refractivity contribution in [2.24, 2.45) is 61.8 Å². The van der Waals surface area contributed by atoms with E-state index in [1.165, 1.54) is 0 Å². The zero-order valence-electron chi connectivity index (χ0n) is 26.3. The molecular formula is C34H53NO6. The van der Waals surface area contributed by atoms with Crippen LogP contribution in [0.3, 0.4) is 0 Å². The maximum atomic E-state index is 13.9. The molecule has 0 unspecified atom stereocenters. The topological polar surface area (TPSA) is 105 Å². The average Bonchev–Trinajstić information content (AvgIpc) is 3.33. The highest BCUT2D eigenvalue weighted by Gasteiger charge is 2.72. The number of oxime groups is 1. The third-order valence-electron chi connectivity index (χ3n) is 14.1. The maximum Gasteiger partial charge on any atom is 0.344 e. The average molecular weight is 572 g/mol. The summed E-state index contributed by atoms with van der Waals surface area (Å²) >= 11 is 0. The maximum absolute atomic E-state index is 13.9. The van der Waals surface area contributed by atoms with Crippen LogP contribution in [0, 0.1) is 56.7 Å². The number of esters is 2. The van der Waals surface area contributed by atoms with Crippen LogP contribution in [0.25, 0.3) is 0 Å². The molecule has 0 bridgehead atoms. The van der Waals surface area contributed by atoms with Crippen LogP contribution in [-0.4, -0.2) is 47.8 Å². The van der Waals surface area contributed by atoms with Gasteiger partial charge in [0.15, 0.2) is 6.61 Å². The van der Waals surface area contributed by atoms with Crippen LogP contribution in [0.15, 0.2) is 17.3 Å². The minimum Gasteiger partial charge on any atom is -0.463 e. The number of aliphatic hydroxyl groups excluding tert-OH is 1. The summed E-state index contributed by atoms with van der Waals surface area (Å²) in [5.74, 6) is 0.878. The van der Waals surface area contributed by atoms with E-state index in [1.54, 1.807) is 6.92 Å². The third kappa shape index (κ3) is 4.10. The van der Waals surface area contributed by atoms with E-state index in [-0.39, 0.29) is 59.8 Å². The molecule has 0 aromatic rings. The lowest BCUT2D eigenvalue weighted by molar-refractivity contribution is -0.233. The van der Waals surface area contributed by atoms with Crippen molar-refractivity contribution in [3.8, 4) is 0 Å². The fraction of sp³-hybridized carbons (Fsp3) is 0.853. The van der Waals surface area contributed by atoms with Crippen LogP contribution in [0.4, 0.5) is 0 Å². The number of hydrogen-bond donors (Lipinski definition) is 2. The normalized spacial score (nSPS) is 47.9. The summed E-state index contributed by atoms with van der Waals surface area (Å²) in [7, 11) is 0. The molecule has 5 aliphatic rings. The Morgan fingerprint density at radius 2 is 1.68 bits per heavy atom. The van der Waals surface area contributed by atoms with Crippen molar-refractivity contribution in [1.82, 2.24) is 0 Å². The summed E-state index contributed by atoms with van der Waals surface area (Å²) in [6.45, 7) is 17.9. The van der Waals surface area contributed by atoms with Crippen LogP contribution in [-0.2, 0) is 19.1 Å². The second kappa shape index (κ2) is 10.4. The molecule has 41 heavy (non-hydrogen) atoms. The first kappa shape index (κ1) is 30.6. The number of fused-ring (bicyclic) bond motifs is 7. The van der Waals surface area contributed by atoms with Gasteiger partial charge in [-0.15, -0.1) is 0 Å². The van der Waals surface area contributed by atoms with Gasteiger partial charge in [0, 0.05) is 5.41 Å². The van der Waals surface area contributed by atoms with Crippen LogP contribution in [0.1, 0.15) is 106 Å². The van der Waals surface area contributed by atoms with E-state index in [1.807, 2.05) is 0 Å². The first-order valence-electron chi connectivity index (χ1n) is 16.1. The van der Waals surface area contributed by atoms with E-state index in [2.05, 4.69) is 46.4 Å². The molecule has 0 heterocycles. The van der Waals surface area contributed by atoms with Gasteiger partial charge in [0.1, 0.15) is 0 Å². The van der Waals surface area contributed by atoms with E-state index in [0.29, 0.717) is 11.8 Å². The molecular weight excluding hydrogens is 518 g/mol. The van der Waals surface area contributed by atoms with Gasteiger partial charge in [-0.3, -0.25) is 4.79 Å². The van der Waals surface area contributed by atoms with Crippen molar-refractivity contribution in [1.29, 1.82) is 0 Å². The highest BCUT2D eigenvalue weighted by molar-refractivity contribution is 5.91. The fourth-order valence-electron chi connectivity index (χ4n) is 12.0. The fourth-order valence-corrected chi connectivity index (χ4v) is 12.0. The van der Waals surface area contributed by atoms with E-state index in [9.17, 15) is 19.9 Å². The number of rotatable bonds is 6. The molecule has 5 aliphatic carbocycles. The van der Waals surface area contributed by atoms with E-state index in [4.69, 9.17) is 9.47 Å². The van der Waals surface area contributed by atoms with Gasteiger partial charge in [-0.2, -0.15) is 0 Å². The quantitative estimate of drug-likeness (QED) is 0.162. The number of ether oxygens (including phenoxy) is 2. The largest absolute Gasteiger partial charge is 0.463 e. The van der Waals surface area contributed by atoms with Crippen molar-refractivity contribution >= 4 is 17.7 Å². The first-order chi connectivity index (χ1) is 19.3. The molecule has 0 saturated heterocycles. The molecule has 5 saturated carbocycles. The molecule has 0 amide bonds. The number of hydrogen-bond acceptors (Lipinski definition) is 7. The Morgan fingerprint density at radius 1 is 0.951 bits per heavy atom. The molecule has 7 nitrogen and oxygen atoms in total. The van der Waals surface area contributed by atoms with Gasteiger partial charge in [-0.25, -0.2) is 4.79 Å². The Bertz CT molecular complexity index is 1120. The van der Waals surface area contributed by atoms with Crippen molar-refractivity contribution < 1.29 is 29.4 Å². The molecule has 7 heteroatoms. The van der Waals surface area contributed by atoms with Gasteiger partial charge in [0.25, 0.3) is 0 Å². The molecule has 5 rings (SSSR count). The van der Waals surface area contributed by atoms with E-state index in [0.717, 1.165) is 75.5 Å². The minimum atomic E-state index is -0.572. The van der Waals surface area contributed by atoms with Crippen molar-refractivity contribution in [2.75, 3.05) is 19.8 Å². The number of aliphatic hydroxyl groups is 1. The Balaban J connectivity index is 1.50. The Hall–Kier alpha value is -1.89. The van der Waals surface area contributed by atoms with Crippen molar-refractivity contribution in [3.63, 3.8) is 0 Å². The van der Waals surface area contributed by atoms with Gasteiger partial charge >= 0.3 is 11.9 Å². The van der Waals surface area contributed by atoms with Gasteiger partial charge in [0.05, 0.1) is 24.3 Å². The molecule has 0 aliphatic heterocycles. The van der Waals surface area contributed by atoms with Crippen LogP contribution < -0.4 is 0 Å². The lowest BCUT2D eigenvalue weighted by atomic mass is 9.32. The number of allylic oxidation sites excluding steroid dienone is 1. The predicted octanol–water partition coefficient (Wildman–Crippen LogP) is 6.55. The Kier molecular flexibility index (Phi) is 7.74. The molecule has 0 aromatic heterocycles. The summed E-state index contributed by atoms with van der Waals surface area (Å²) < 4.78 is 10.8. The zero-order chi connectivity index (χ0) is 30.0. The Labute approximate surface area is 246 Å². The van der Waals surface area contributed by atoms with Gasteiger partial charge in [-0.05, 0) is 124 Å². The standard InChI is InChI=1S/C34H53NO6/c1-8-40-27(37)19-41-29(38)34-16-11-22(21(2)3)28(34)23-9-10-25-30(4)14-13-26(35-39)31(5,20-36)24(30)12-15-33(25,7)32(23,6)17-18-34/h22-25,28,36,39H,2,8-20H2,1,3-7H3/b35-26+/t22-,23+,24+,25+,28+,30-,31-,32+,33+,34-/m0/s1. The zero-order valence-corrected chi connectivity index (χ0v) is 26.3. The highest BCUT2D eigenvalue weighted by atomic mass is 16.6.